The second kappa shape index (κ2) is 11.7. The van der Waals surface area contributed by atoms with Gasteiger partial charge < -0.3 is 19.1 Å². The Hall–Kier alpha value is -3.41. The summed E-state index contributed by atoms with van der Waals surface area (Å²) in [6, 6.07) is 21.7. The van der Waals surface area contributed by atoms with Gasteiger partial charge in [-0.3, -0.25) is 4.90 Å². The average molecular weight is 566 g/mol. The van der Waals surface area contributed by atoms with Crippen molar-refractivity contribution < 1.29 is 4.74 Å². The van der Waals surface area contributed by atoms with Gasteiger partial charge in [-0.1, -0.05) is 42.5 Å². The molecule has 42 heavy (non-hydrogen) atoms. The van der Waals surface area contributed by atoms with E-state index in [0.717, 1.165) is 62.9 Å². The number of nitriles is 1. The fraction of sp³-hybridized carbons (Fsp3) is 0.559. The van der Waals surface area contributed by atoms with E-state index in [1.807, 2.05) is 0 Å². The van der Waals surface area contributed by atoms with Crippen LogP contribution in [0.15, 0.2) is 59.6 Å². The zero-order valence-corrected chi connectivity index (χ0v) is 24.9. The molecular weight excluding hydrogens is 522 g/mol. The molecule has 0 amide bonds. The molecule has 1 aromatic heterocycles. The fourth-order valence-corrected chi connectivity index (χ4v) is 8.55. The smallest absolute Gasteiger partial charge is 0.212 e. The van der Waals surface area contributed by atoms with Gasteiger partial charge >= 0.3 is 0 Å². The molecule has 8 heteroatoms. The van der Waals surface area contributed by atoms with Gasteiger partial charge in [-0.15, -0.1) is 4.99 Å². The number of benzene rings is 2. The van der Waals surface area contributed by atoms with Gasteiger partial charge in [0.05, 0.1) is 24.2 Å². The highest BCUT2D eigenvalue weighted by atomic mass is 16.5. The van der Waals surface area contributed by atoms with Crippen molar-refractivity contribution in [2.24, 2.45) is 4.99 Å². The van der Waals surface area contributed by atoms with E-state index >= 15 is 0 Å². The lowest BCUT2D eigenvalue weighted by Crippen LogP contribution is -2.54. The van der Waals surface area contributed by atoms with Crippen LogP contribution < -0.4 is 0 Å². The Balaban J connectivity index is 1.06. The number of aryl methyl sites for hydroxylation is 1. The van der Waals surface area contributed by atoms with Gasteiger partial charge in [0, 0.05) is 44.3 Å². The largest absolute Gasteiger partial charge is 0.378 e. The summed E-state index contributed by atoms with van der Waals surface area (Å²) in [5.74, 6) is 1.99. The first-order valence-corrected chi connectivity index (χ1v) is 15.9. The monoisotopic (exact) mass is 565 g/mol. The second-order valence-electron chi connectivity index (χ2n) is 12.8. The minimum absolute atomic E-state index is 0.147. The number of morpholine rings is 1. The van der Waals surface area contributed by atoms with E-state index in [4.69, 9.17) is 9.72 Å². The van der Waals surface area contributed by atoms with E-state index in [-0.39, 0.29) is 5.41 Å². The highest BCUT2D eigenvalue weighted by Crippen LogP contribution is 2.45. The highest BCUT2D eigenvalue weighted by Gasteiger charge is 2.44. The topological polar surface area (TPSA) is 72.9 Å². The molecule has 4 aliphatic heterocycles. The van der Waals surface area contributed by atoms with Crippen molar-refractivity contribution in [2.75, 3.05) is 45.9 Å². The summed E-state index contributed by atoms with van der Waals surface area (Å²) in [5.41, 5.74) is 4.03. The van der Waals surface area contributed by atoms with E-state index in [9.17, 15) is 5.26 Å². The van der Waals surface area contributed by atoms with Crippen molar-refractivity contribution >= 4 is 17.0 Å². The molecule has 5 heterocycles. The minimum Gasteiger partial charge on any atom is -0.378 e. The van der Waals surface area contributed by atoms with E-state index in [1.165, 1.54) is 43.2 Å². The maximum atomic E-state index is 9.48. The number of hydrogen-bond donors (Lipinski definition) is 0. The van der Waals surface area contributed by atoms with Crippen molar-refractivity contribution in [2.45, 2.75) is 75.4 Å². The molecule has 0 unspecified atom stereocenters. The molecule has 3 aromatic rings. The molecule has 4 aliphatic rings. The van der Waals surface area contributed by atoms with Crippen LogP contribution in [0.2, 0.25) is 0 Å². The number of fused-ring (bicyclic) bond motifs is 3. The minimum atomic E-state index is 0.147. The summed E-state index contributed by atoms with van der Waals surface area (Å²) in [6.07, 6.45) is 10.5. The Bertz CT molecular complexity index is 1430. The number of rotatable bonds is 5. The van der Waals surface area contributed by atoms with Crippen LogP contribution in [0.4, 0.5) is 0 Å². The van der Waals surface area contributed by atoms with E-state index in [0.29, 0.717) is 31.3 Å². The number of guanidine groups is 1. The molecule has 0 spiro atoms. The van der Waals surface area contributed by atoms with Crippen LogP contribution in [0.25, 0.3) is 11.0 Å². The van der Waals surface area contributed by atoms with Gasteiger partial charge in [0.1, 0.15) is 5.82 Å². The van der Waals surface area contributed by atoms with Crippen LogP contribution in [-0.4, -0.2) is 88.2 Å². The second-order valence-corrected chi connectivity index (χ2v) is 12.8. The maximum absolute atomic E-state index is 9.48. The summed E-state index contributed by atoms with van der Waals surface area (Å²) in [7, 11) is 0. The number of imidazole rings is 1. The number of likely N-dealkylation sites (tertiary alicyclic amines) is 1. The number of para-hydroxylation sites is 2. The molecule has 220 valence electrons. The molecule has 8 nitrogen and oxygen atoms in total. The van der Waals surface area contributed by atoms with Crippen LogP contribution in [-0.2, 0) is 10.2 Å². The van der Waals surface area contributed by atoms with E-state index in [1.54, 1.807) is 0 Å². The van der Waals surface area contributed by atoms with Crippen LogP contribution in [0.1, 0.15) is 62.4 Å². The first-order valence-electron chi connectivity index (χ1n) is 15.9. The zero-order chi connectivity index (χ0) is 28.5. The lowest BCUT2D eigenvalue weighted by atomic mass is 9.70. The number of ether oxygens (including phenoxy) is 1. The number of aromatic nitrogens is 2. The quantitative estimate of drug-likeness (QED) is 0.243. The Morgan fingerprint density at radius 1 is 0.929 bits per heavy atom. The van der Waals surface area contributed by atoms with Crippen molar-refractivity contribution in [1.82, 2.24) is 24.3 Å². The first kappa shape index (κ1) is 27.4. The molecule has 2 aromatic carbocycles. The molecule has 0 N–H and O–H groups in total. The first-order chi connectivity index (χ1) is 20.6. The molecule has 3 atom stereocenters. The molecule has 0 saturated carbocycles. The van der Waals surface area contributed by atoms with Crippen LogP contribution in [0.5, 0.6) is 0 Å². The summed E-state index contributed by atoms with van der Waals surface area (Å²) < 4.78 is 8.10. The Labute approximate surface area is 249 Å². The molecule has 7 rings (SSSR count). The summed E-state index contributed by atoms with van der Waals surface area (Å²) in [5, 5.41) is 9.48. The lowest BCUT2D eigenvalue weighted by molar-refractivity contribution is 0.0584. The maximum Gasteiger partial charge on any atom is 0.212 e. The van der Waals surface area contributed by atoms with Gasteiger partial charge in [-0.25, -0.2) is 4.98 Å². The lowest BCUT2D eigenvalue weighted by Gasteiger charge is -2.47. The predicted molar refractivity (Wildman–Crippen MR) is 165 cm³/mol. The third-order valence-corrected chi connectivity index (χ3v) is 10.7. The van der Waals surface area contributed by atoms with Crippen molar-refractivity contribution in [3.63, 3.8) is 0 Å². The number of hydrogen-bond acceptors (Lipinski definition) is 5. The van der Waals surface area contributed by atoms with Crippen LogP contribution in [0.3, 0.4) is 0 Å². The Morgan fingerprint density at radius 2 is 1.60 bits per heavy atom. The zero-order valence-electron chi connectivity index (χ0n) is 24.9. The third-order valence-electron chi connectivity index (χ3n) is 10.7. The Morgan fingerprint density at radius 3 is 2.31 bits per heavy atom. The normalized spacial score (nSPS) is 26.5. The van der Waals surface area contributed by atoms with Crippen molar-refractivity contribution in [3.8, 4) is 6.19 Å². The van der Waals surface area contributed by atoms with Gasteiger partial charge in [0.15, 0.2) is 0 Å². The van der Waals surface area contributed by atoms with E-state index < -0.39 is 0 Å². The van der Waals surface area contributed by atoms with Crippen LogP contribution in [0, 0.1) is 18.4 Å². The summed E-state index contributed by atoms with van der Waals surface area (Å²) >= 11 is 0. The summed E-state index contributed by atoms with van der Waals surface area (Å²) in [4.78, 5) is 16.6. The van der Waals surface area contributed by atoms with Gasteiger partial charge in [0.25, 0.3) is 0 Å². The molecule has 0 aliphatic carbocycles. The SMILES string of the molecule is Cc1nc2ccccc2n1[C@H]1C[C@H]2CC[C@@H](C1)N2CCC1(c2ccccc2)CCN(/C(=N/C#N)N2CCOCC2)CC1. The number of aliphatic imine (C=N–C) groups is 1. The van der Waals surface area contributed by atoms with E-state index in [2.05, 4.69) is 92.0 Å². The molecule has 0 radical (unpaired) electrons. The van der Waals surface area contributed by atoms with Crippen LogP contribution >= 0.6 is 0 Å². The highest BCUT2D eigenvalue weighted by molar-refractivity contribution is 5.81. The molecule has 2 bridgehead atoms. The third kappa shape index (κ3) is 5.07. The molecular formula is C34H43N7O. The standard InChI is InChI=1S/C34H43N7O/c1-26-37-31-9-5-6-10-32(31)41(26)30-23-28-11-12-29(24-30)40(28)18-15-34(27-7-3-2-4-8-27)13-16-38(17-14-34)33(36-25-35)39-19-21-42-22-20-39/h2-10,28-30H,11-24H2,1H3/b36-33-/t28-,29+,30+. The van der Waals surface area contributed by atoms with Crippen molar-refractivity contribution in [1.29, 1.82) is 5.26 Å². The van der Waals surface area contributed by atoms with Gasteiger partial charge in [-0.2, -0.15) is 5.26 Å². The van der Waals surface area contributed by atoms with Crippen molar-refractivity contribution in [3.05, 3.63) is 66.0 Å². The fourth-order valence-electron chi connectivity index (χ4n) is 8.55. The number of piperidine rings is 2. The Kier molecular flexibility index (Phi) is 7.64. The number of nitrogens with zero attached hydrogens (tertiary/aromatic N) is 7. The predicted octanol–water partition coefficient (Wildman–Crippen LogP) is 5.11. The van der Waals surface area contributed by atoms with Gasteiger partial charge in [-0.05, 0) is 81.5 Å². The van der Waals surface area contributed by atoms with Gasteiger partial charge in [0.2, 0.25) is 12.2 Å². The molecule has 4 fully saturated rings. The molecule has 4 saturated heterocycles. The summed E-state index contributed by atoms with van der Waals surface area (Å²) in [6.45, 7) is 8.17. The average Bonchev–Trinajstić information content (AvgIpc) is 3.50.